The summed E-state index contributed by atoms with van der Waals surface area (Å²) < 4.78 is 11.0. The van der Waals surface area contributed by atoms with Gasteiger partial charge in [-0.15, -0.1) is 0 Å². The predicted molar refractivity (Wildman–Crippen MR) is 70.2 cm³/mol. The van der Waals surface area contributed by atoms with Gasteiger partial charge in [0.15, 0.2) is 0 Å². The highest BCUT2D eigenvalue weighted by Crippen LogP contribution is 2.18. The molecule has 0 saturated heterocycles. The van der Waals surface area contributed by atoms with Crippen LogP contribution in [-0.4, -0.2) is 19.3 Å². The molecule has 0 fully saturated rings. The average Bonchev–Trinajstić information content (AvgIpc) is 2.29. The van der Waals surface area contributed by atoms with Gasteiger partial charge in [-0.05, 0) is 38.5 Å². The number of nitrogens with two attached hydrogens (primary N) is 1. The third kappa shape index (κ3) is 4.75. The van der Waals surface area contributed by atoms with Gasteiger partial charge in [0.1, 0.15) is 5.75 Å². The molecule has 0 aromatic heterocycles. The van der Waals surface area contributed by atoms with Crippen LogP contribution in [0.15, 0.2) is 24.3 Å². The van der Waals surface area contributed by atoms with E-state index in [9.17, 15) is 0 Å². The lowest BCUT2D eigenvalue weighted by Crippen LogP contribution is -2.25. The van der Waals surface area contributed by atoms with Crippen LogP contribution in [0.2, 0.25) is 0 Å². The molecule has 1 atom stereocenters. The zero-order chi connectivity index (χ0) is 12.9. The molecule has 0 amide bonds. The number of methoxy groups -OCH3 is 1. The fourth-order valence-electron chi connectivity index (χ4n) is 1.38. The van der Waals surface area contributed by atoms with Crippen LogP contribution < -0.4 is 10.5 Å². The van der Waals surface area contributed by atoms with E-state index < -0.39 is 0 Å². The Labute approximate surface area is 104 Å². The summed E-state index contributed by atoms with van der Waals surface area (Å²) in [6.07, 6.45) is 0.860. The van der Waals surface area contributed by atoms with E-state index in [1.165, 1.54) is 0 Å². The zero-order valence-electron chi connectivity index (χ0n) is 11.2. The van der Waals surface area contributed by atoms with Crippen LogP contribution in [0.4, 0.5) is 0 Å². The fraction of sp³-hybridized carbons (Fsp3) is 0.571. The number of hydrogen-bond donors (Lipinski definition) is 1. The van der Waals surface area contributed by atoms with Crippen molar-refractivity contribution in [3.63, 3.8) is 0 Å². The van der Waals surface area contributed by atoms with Crippen molar-refractivity contribution in [3.05, 3.63) is 29.8 Å². The summed E-state index contributed by atoms with van der Waals surface area (Å²) in [4.78, 5) is 0. The Morgan fingerprint density at radius 3 is 2.29 bits per heavy atom. The molecule has 0 aliphatic heterocycles. The van der Waals surface area contributed by atoms with Crippen molar-refractivity contribution in [2.75, 3.05) is 13.7 Å². The molecular formula is C14H23NO2. The molecule has 0 radical (unpaired) electrons. The van der Waals surface area contributed by atoms with Crippen LogP contribution in [0.5, 0.6) is 5.75 Å². The van der Waals surface area contributed by atoms with Gasteiger partial charge in [-0.25, -0.2) is 0 Å². The number of rotatable bonds is 6. The van der Waals surface area contributed by atoms with E-state index in [-0.39, 0.29) is 11.6 Å². The molecule has 17 heavy (non-hydrogen) atoms. The first kappa shape index (κ1) is 14.0. The Kier molecular flexibility index (Phi) is 4.97. The Balaban J connectivity index is 2.42. The molecule has 1 rings (SSSR count). The molecule has 0 heterocycles. The predicted octanol–water partition coefficient (Wildman–Crippen LogP) is 2.90. The van der Waals surface area contributed by atoms with E-state index in [0.717, 1.165) is 17.7 Å². The minimum atomic E-state index is -0.133. The first-order chi connectivity index (χ1) is 7.94. The maximum atomic E-state index is 5.78. The highest BCUT2D eigenvalue weighted by Gasteiger charge is 2.15. The minimum Gasteiger partial charge on any atom is -0.493 e. The zero-order valence-corrected chi connectivity index (χ0v) is 11.2. The van der Waals surface area contributed by atoms with Gasteiger partial charge in [-0.2, -0.15) is 0 Å². The van der Waals surface area contributed by atoms with Crippen molar-refractivity contribution < 1.29 is 9.47 Å². The highest BCUT2D eigenvalue weighted by molar-refractivity contribution is 5.28. The van der Waals surface area contributed by atoms with Crippen LogP contribution >= 0.6 is 0 Å². The van der Waals surface area contributed by atoms with Crippen molar-refractivity contribution in [2.24, 2.45) is 5.73 Å². The Bertz CT molecular complexity index is 331. The third-order valence-corrected chi connectivity index (χ3v) is 2.93. The SMILES string of the molecule is COC(C)(C)CCOc1ccc([C@@H](C)N)cc1. The molecule has 96 valence electrons. The second-order valence-corrected chi connectivity index (χ2v) is 4.92. The molecule has 0 aliphatic rings. The van der Waals surface area contributed by atoms with Gasteiger partial charge in [0, 0.05) is 19.6 Å². The van der Waals surface area contributed by atoms with Gasteiger partial charge in [0.25, 0.3) is 0 Å². The van der Waals surface area contributed by atoms with Crippen LogP contribution in [0.1, 0.15) is 38.8 Å². The summed E-state index contributed by atoms with van der Waals surface area (Å²) >= 11 is 0. The van der Waals surface area contributed by atoms with Crippen LogP contribution in [0.25, 0.3) is 0 Å². The maximum absolute atomic E-state index is 5.78. The summed E-state index contributed by atoms with van der Waals surface area (Å²) in [5.41, 5.74) is 6.77. The first-order valence-corrected chi connectivity index (χ1v) is 5.98. The topological polar surface area (TPSA) is 44.5 Å². The van der Waals surface area contributed by atoms with E-state index in [1.54, 1.807) is 7.11 Å². The van der Waals surface area contributed by atoms with Crippen molar-refractivity contribution in [2.45, 2.75) is 38.8 Å². The first-order valence-electron chi connectivity index (χ1n) is 5.98. The monoisotopic (exact) mass is 237 g/mol. The molecular weight excluding hydrogens is 214 g/mol. The van der Waals surface area contributed by atoms with Crippen LogP contribution in [0, 0.1) is 0 Å². The molecule has 1 aromatic rings. The minimum absolute atomic E-state index is 0.0662. The third-order valence-electron chi connectivity index (χ3n) is 2.93. The Hall–Kier alpha value is -1.06. The van der Waals surface area contributed by atoms with Gasteiger partial charge < -0.3 is 15.2 Å². The van der Waals surface area contributed by atoms with Crippen molar-refractivity contribution in [1.82, 2.24) is 0 Å². The Morgan fingerprint density at radius 2 is 1.82 bits per heavy atom. The fourth-order valence-corrected chi connectivity index (χ4v) is 1.38. The summed E-state index contributed by atoms with van der Waals surface area (Å²) in [5, 5.41) is 0. The standard InChI is InChI=1S/C14H23NO2/c1-11(15)12-5-7-13(8-6-12)17-10-9-14(2,3)16-4/h5-8,11H,9-10,15H2,1-4H3/t11-/m1/s1. The van der Waals surface area contributed by atoms with E-state index in [1.807, 2.05) is 31.2 Å². The second kappa shape index (κ2) is 6.03. The van der Waals surface area contributed by atoms with E-state index in [0.29, 0.717) is 6.61 Å². The maximum Gasteiger partial charge on any atom is 0.119 e. The lowest BCUT2D eigenvalue weighted by molar-refractivity contribution is 0.00545. The van der Waals surface area contributed by atoms with E-state index >= 15 is 0 Å². The molecule has 3 heteroatoms. The molecule has 3 nitrogen and oxygen atoms in total. The van der Waals surface area contributed by atoms with Gasteiger partial charge in [0.2, 0.25) is 0 Å². The highest BCUT2D eigenvalue weighted by atomic mass is 16.5. The number of hydrogen-bond acceptors (Lipinski definition) is 3. The average molecular weight is 237 g/mol. The summed E-state index contributed by atoms with van der Waals surface area (Å²) in [6.45, 7) is 6.72. The smallest absolute Gasteiger partial charge is 0.119 e. The molecule has 0 aliphatic carbocycles. The molecule has 0 bridgehead atoms. The molecule has 0 saturated carbocycles. The number of ether oxygens (including phenoxy) is 2. The normalized spacial score (nSPS) is 13.5. The lowest BCUT2D eigenvalue weighted by atomic mass is 10.1. The number of benzene rings is 1. The summed E-state index contributed by atoms with van der Waals surface area (Å²) in [7, 11) is 1.72. The lowest BCUT2D eigenvalue weighted by Gasteiger charge is -2.22. The quantitative estimate of drug-likeness (QED) is 0.827. The van der Waals surface area contributed by atoms with Crippen molar-refractivity contribution >= 4 is 0 Å². The van der Waals surface area contributed by atoms with Crippen LogP contribution in [0.3, 0.4) is 0 Å². The summed E-state index contributed by atoms with van der Waals surface area (Å²) in [5.74, 6) is 0.876. The van der Waals surface area contributed by atoms with Crippen molar-refractivity contribution in [3.8, 4) is 5.75 Å². The van der Waals surface area contributed by atoms with Gasteiger partial charge in [0.05, 0.1) is 12.2 Å². The van der Waals surface area contributed by atoms with Crippen molar-refractivity contribution in [1.29, 1.82) is 0 Å². The molecule has 2 N–H and O–H groups in total. The molecule has 0 unspecified atom stereocenters. The largest absolute Gasteiger partial charge is 0.493 e. The van der Waals surface area contributed by atoms with Gasteiger partial charge in [-0.1, -0.05) is 12.1 Å². The molecule has 1 aromatic carbocycles. The van der Waals surface area contributed by atoms with E-state index in [4.69, 9.17) is 15.2 Å². The van der Waals surface area contributed by atoms with Crippen LogP contribution in [-0.2, 0) is 4.74 Å². The van der Waals surface area contributed by atoms with Gasteiger partial charge >= 0.3 is 0 Å². The van der Waals surface area contributed by atoms with E-state index in [2.05, 4.69) is 13.8 Å². The Morgan fingerprint density at radius 1 is 1.24 bits per heavy atom. The summed E-state index contributed by atoms with van der Waals surface area (Å²) in [6, 6.07) is 7.98. The van der Waals surface area contributed by atoms with Gasteiger partial charge in [-0.3, -0.25) is 0 Å². The second-order valence-electron chi connectivity index (χ2n) is 4.92. The molecule has 0 spiro atoms.